The van der Waals surface area contributed by atoms with Gasteiger partial charge in [0, 0.05) is 21.9 Å². The van der Waals surface area contributed by atoms with Crippen LogP contribution in [0.4, 0.5) is 0 Å². The van der Waals surface area contributed by atoms with Crippen molar-refractivity contribution in [3.63, 3.8) is 0 Å². The number of halogens is 1. The fourth-order valence-corrected chi connectivity index (χ4v) is 3.62. The van der Waals surface area contributed by atoms with Gasteiger partial charge in [0.1, 0.15) is 0 Å². The van der Waals surface area contributed by atoms with Crippen LogP contribution >= 0.6 is 27.3 Å². The second-order valence-electron chi connectivity index (χ2n) is 3.56. The van der Waals surface area contributed by atoms with Crippen molar-refractivity contribution in [1.82, 2.24) is 0 Å². The molecular weight excluding hydrogens is 262 g/mol. The molecule has 2 rings (SSSR count). The van der Waals surface area contributed by atoms with E-state index in [0.29, 0.717) is 5.92 Å². The summed E-state index contributed by atoms with van der Waals surface area (Å²) in [5.74, 6) is 0.485. The summed E-state index contributed by atoms with van der Waals surface area (Å²) in [6.45, 7) is 1.58. The Morgan fingerprint density at radius 2 is 2.50 bits per heavy atom. The van der Waals surface area contributed by atoms with E-state index in [1.807, 2.05) is 0 Å². The van der Waals surface area contributed by atoms with Crippen molar-refractivity contribution in [1.29, 1.82) is 0 Å². The van der Waals surface area contributed by atoms with Crippen molar-refractivity contribution in [3.05, 3.63) is 20.8 Å². The first-order chi connectivity index (χ1) is 6.83. The van der Waals surface area contributed by atoms with E-state index in [0.717, 1.165) is 24.0 Å². The number of hydrogen-bond acceptors (Lipinski definition) is 3. The molecule has 1 aliphatic heterocycles. The molecule has 0 bridgehead atoms. The summed E-state index contributed by atoms with van der Waals surface area (Å²) < 4.78 is 6.97. The molecule has 0 amide bonds. The van der Waals surface area contributed by atoms with Gasteiger partial charge in [-0.25, -0.2) is 0 Å². The van der Waals surface area contributed by atoms with E-state index in [4.69, 9.17) is 10.5 Å². The lowest BCUT2D eigenvalue weighted by atomic mass is 9.93. The third-order valence-corrected chi connectivity index (χ3v) is 4.58. The molecule has 1 aromatic rings. The van der Waals surface area contributed by atoms with E-state index in [1.165, 1.54) is 11.3 Å². The summed E-state index contributed by atoms with van der Waals surface area (Å²) in [4.78, 5) is 1.29. The maximum absolute atomic E-state index is 5.81. The van der Waals surface area contributed by atoms with Crippen LogP contribution in [0.3, 0.4) is 0 Å². The fraction of sp³-hybridized carbons (Fsp3) is 0.600. The number of ether oxygens (including phenoxy) is 1. The zero-order valence-corrected chi connectivity index (χ0v) is 10.3. The van der Waals surface area contributed by atoms with E-state index >= 15 is 0 Å². The molecule has 1 saturated heterocycles. The zero-order chi connectivity index (χ0) is 9.97. The van der Waals surface area contributed by atoms with Crippen LogP contribution in [0.2, 0.25) is 0 Å². The van der Waals surface area contributed by atoms with Crippen LogP contribution in [0.15, 0.2) is 15.9 Å². The largest absolute Gasteiger partial charge is 0.372 e. The van der Waals surface area contributed by atoms with Crippen molar-refractivity contribution in [2.24, 2.45) is 11.7 Å². The average Bonchev–Trinajstić information content (AvgIpc) is 2.64. The molecule has 0 aromatic carbocycles. The van der Waals surface area contributed by atoms with E-state index in [-0.39, 0.29) is 6.10 Å². The van der Waals surface area contributed by atoms with Crippen LogP contribution in [0, 0.1) is 5.92 Å². The first-order valence-corrected chi connectivity index (χ1v) is 6.54. The molecule has 1 aromatic heterocycles. The molecule has 2 nitrogen and oxygen atoms in total. The molecule has 78 valence electrons. The second-order valence-corrected chi connectivity index (χ2v) is 5.36. The van der Waals surface area contributed by atoms with Gasteiger partial charge in [-0.3, -0.25) is 0 Å². The number of nitrogens with two attached hydrogens (primary N) is 1. The Kier molecular flexibility index (Phi) is 3.60. The smallest absolute Gasteiger partial charge is 0.0968 e. The summed E-state index contributed by atoms with van der Waals surface area (Å²) in [7, 11) is 0. The Labute approximate surface area is 96.6 Å². The summed E-state index contributed by atoms with van der Waals surface area (Å²) in [6.07, 6.45) is 2.54. The highest BCUT2D eigenvalue weighted by atomic mass is 79.9. The van der Waals surface area contributed by atoms with Gasteiger partial charge >= 0.3 is 0 Å². The first kappa shape index (κ1) is 10.6. The van der Waals surface area contributed by atoms with Gasteiger partial charge in [-0.05, 0) is 46.8 Å². The monoisotopic (exact) mass is 275 g/mol. The summed E-state index contributed by atoms with van der Waals surface area (Å²) in [6, 6.07) is 2.07. The molecule has 2 unspecified atom stereocenters. The van der Waals surface area contributed by atoms with Gasteiger partial charge in [-0.1, -0.05) is 0 Å². The molecule has 0 aliphatic carbocycles. The van der Waals surface area contributed by atoms with Crippen LogP contribution in [0.1, 0.15) is 23.8 Å². The lowest BCUT2D eigenvalue weighted by Gasteiger charge is -2.30. The van der Waals surface area contributed by atoms with Gasteiger partial charge in [-0.2, -0.15) is 0 Å². The standard InChI is InChI=1S/C10H14BrNOS/c11-8-3-5-14-10(8)9-7(6-12)2-1-4-13-9/h3,5,7,9H,1-2,4,6,12H2. The molecule has 2 atom stereocenters. The average molecular weight is 276 g/mol. The third kappa shape index (κ3) is 2.03. The topological polar surface area (TPSA) is 35.2 Å². The zero-order valence-electron chi connectivity index (χ0n) is 7.91. The van der Waals surface area contributed by atoms with Crippen molar-refractivity contribution in [2.75, 3.05) is 13.2 Å². The molecule has 4 heteroatoms. The van der Waals surface area contributed by atoms with Crippen molar-refractivity contribution < 1.29 is 4.74 Å². The van der Waals surface area contributed by atoms with Crippen LogP contribution in [-0.4, -0.2) is 13.2 Å². The van der Waals surface area contributed by atoms with Gasteiger partial charge in [0.15, 0.2) is 0 Å². The predicted molar refractivity (Wildman–Crippen MR) is 62.5 cm³/mol. The van der Waals surface area contributed by atoms with Gasteiger partial charge in [0.05, 0.1) is 6.10 Å². The molecule has 0 saturated carbocycles. The van der Waals surface area contributed by atoms with Gasteiger partial charge in [0.2, 0.25) is 0 Å². The Balaban J connectivity index is 2.19. The molecule has 0 spiro atoms. The van der Waals surface area contributed by atoms with Crippen molar-refractivity contribution in [3.8, 4) is 0 Å². The fourth-order valence-electron chi connectivity index (χ4n) is 1.88. The van der Waals surface area contributed by atoms with E-state index in [1.54, 1.807) is 11.3 Å². The number of thiophene rings is 1. The van der Waals surface area contributed by atoms with E-state index in [2.05, 4.69) is 27.4 Å². The molecule has 1 fully saturated rings. The highest BCUT2D eigenvalue weighted by molar-refractivity contribution is 9.10. The Hall–Kier alpha value is 0.100. The van der Waals surface area contributed by atoms with Gasteiger partial charge in [0.25, 0.3) is 0 Å². The quantitative estimate of drug-likeness (QED) is 0.901. The summed E-state index contributed by atoms with van der Waals surface area (Å²) in [5.41, 5.74) is 5.76. The lowest BCUT2D eigenvalue weighted by molar-refractivity contribution is -0.0233. The minimum absolute atomic E-state index is 0.211. The third-order valence-electron chi connectivity index (χ3n) is 2.65. The molecule has 2 heterocycles. The Morgan fingerprint density at radius 1 is 1.64 bits per heavy atom. The van der Waals surface area contributed by atoms with Crippen molar-refractivity contribution in [2.45, 2.75) is 18.9 Å². The maximum Gasteiger partial charge on any atom is 0.0968 e. The first-order valence-electron chi connectivity index (χ1n) is 4.87. The van der Waals surface area contributed by atoms with E-state index < -0.39 is 0 Å². The number of hydrogen-bond donors (Lipinski definition) is 1. The van der Waals surface area contributed by atoms with Crippen molar-refractivity contribution >= 4 is 27.3 Å². The number of rotatable bonds is 2. The van der Waals surface area contributed by atoms with Gasteiger partial charge < -0.3 is 10.5 Å². The SMILES string of the molecule is NCC1CCCOC1c1sccc1Br. The lowest BCUT2D eigenvalue weighted by Crippen LogP contribution is -2.28. The van der Waals surface area contributed by atoms with Crippen LogP contribution < -0.4 is 5.73 Å². The summed E-state index contributed by atoms with van der Waals surface area (Å²) >= 11 is 5.30. The Morgan fingerprint density at radius 3 is 3.14 bits per heavy atom. The van der Waals surface area contributed by atoms with Crippen LogP contribution in [0.5, 0.6) is 0 Å². The molecule has 0 radical (unpaired) electrons. The molecule has 1 aliphatic rings. The predicted octanol–water partition coefficient (Wildman–Crippen LogP) is 2.94. The molecular formula is C10H14BrNOS. The summed E-state index contributed by atoms with van der Waals surface area (Å²) in [5, 5.41) is 2.09. The van der Waals surface area contributed by atoms with Crippen LogP contribution in [0.25, 0.3) is 0 Å². The molecule has 14 heavy (non-hydrogen) atoms. The van der Waals surface area contributed by atoms with Crippen LogP contribution in [-0.2, 0) is 4.74 Å². The maximum atomic E-state index is 5.81. The Bertz CT molecular complexity index is 302. The highest BCUT2D eigenvalue weighted by Gasteiger charge is 2.28. The normalized spacial score (nSPS) is 27.9. The minimum atomic E-state index is 0.211. The highest BCUT2D eigenvalue weighted by Crippen LogP contribution is 2.39. The minimum Gasteiger partial charge on any atom is -0.372 e. The van der Waals surface area contributed by atoms with Gasteiger partial charge in [-0.15, -0.1) is 11.3 Å². The molecule has 2 N–H and O–H groups in total. The van der Waals surface area contributed by atoms with E-state index in [9.17, 15) is 0 Å². The second kappa shape index (κ2) is 4.75.